The lowest BCUT2D eigenvalue weighted by Crippen LogP contribution is -2.11. The van der Waals surface area contributed by atoms with Gasteiger partial charge in [0.15, 0.2) is 5.65 Å². The molecule has 0 atom stereocenters. The fraction of sp³-hybridized carbons (Fsp3) is 0.300. The molecule has 0 aliphatic rings. The van der Waals surface area contributed by atoms with Crippen molar-refractivity contribution in [3.8, 4) is 0 Å². The molecule has 2 N–H and O–H groups in total. The molecule has 0 bridgehead atoms. The fourth-order valence-corrected chi connectivity index (χ4v) is 1.47. The number of anilines is 1. The lowest BCUT2D eigenvalue weighted by molar-refractivity contribution is 0.0524. The second kappa shape index (κ2) is 3.80. The van der Waals surface area contributed by atoms with Crippen LogP contribution < -0.4 is 5.73 Å². The van der Waals surface area contributed by atoms with Gasteiger partial charge in [-0.3, -0.25) is 0 Å². The number of nitrogen functional groups attached to an aromatic ring is 1. The summed E-state index contributed by atoms with van der Waals surface area (Å²) in [6, 6.07) is 0. The molecule has 0 fully saturated rings. The van der Waals surface area contributed by atoms with E-state index in [0.717, 1.165) is 0 Å². The Morgan fingerprint density at radius 2 is 2.31 bits per heavy atom. The van der Waals surface area contributed by atoms with E-state index in [-0.39, 0.29) is 0 Å². The van der Waals surface area contributed by atoms with Crippen molar-refractivity contribution in [1.29, 1.82) is 0 Å². The molecule has 2 heterocycles. The third-order valence-electron chi connectivity index (χ3n) is 2.29. The summed E-state index contributed by atoms with van der Waals surface area (Å²) >= 11 is 0. The van der Waals surface area contributed by atoms with Crippen LogP contribution in [0.5, 0.6) is 0 Å². The van der Waals surface area contributed by atoms with E-state index in [2.05, 4.69) is 10.1 Å². The number of nitrogens with two attached hydrogens (primary N) is 1. The number of hydrogen-bond donors (Lipinski definition) is 1. The maximum Gasteiger partial charge on any atom is 0.341 e. The zero-order chi connectivity index (χ0) is 11.7. The highest BCUT2D eigenvalue weighted by atomic mass is 16.5. The summed E-state index contributed by atoms with van der Waals surface area (Å²) in [5, 5.41) is 4.04. The van der Waals surface area contributed by atoms with Crippen LogP contribution in [0.2, 0.25) is 0 Å². The average molecular weight is 220 g/mol. The Labute approximate surface area is 92.0 Å². The van der Waals surface area contributed by atoms with Crippen molar-refractivity contribution < 1.29 is 9.53 Å². The Hall–Kier alpha value is -2.11. The summed E-state index contributed by atoms with van der Waals surface area (Å²) in [6.45, 7) is 3.86. The molecule has 16 heavy (non-hydrogen) atoms. The topological polar surface area (TPSA) is 82.5 Å². The molecule has 0 saturated carbocycles. The van der Waals surface area contributed by atoms with E-state index < -0.39 is 5.97 Å². The lowest BCUT2D eigenvalue weighted by atomic mass is 10.2. The summed E-state index contributed by atoms with van der Waals surface area (Å²) in [4.78, 5) is 15.7. The van der Waals surface area contributed by atoms with E-state index in [4.69, 9.17) is 10.5 Å². The van der Waals surface area contributed by atoms with E-state index in [1.807, 2.05) is 0 Å². The number of esters is 1. The van der Waals surface area contributed by atoms with Gasteiger partial charge in [-0.15, -0.1) is 0 Å². The number of ether oxygens (including phenoxy) is 1. The first-order valence-corrected chi connectivity index (χ1v) is 4.91. The van der Waals surface area contributed by atoms with Gasteiger partial charge in [-0.25, -0.2) is 14.3 Å². The minimum atomic E-state index is -0.400. The maximum absolute atomic E-state index is 11.6. The van der Waals surface area contributed by atoms with Crippen molar-refractivity contribution in [3.05, 3.63) is 23.7 Å². The van der Waals surface area contributed by atoms with Crippen LogP contribution in [0.4, 0.5) is 5.69 Å². The van der Waals surface area contributed by atoms with E-state index in [9.17, 15) is 4.79 Å². The van der Waals surface area contributed by atoms with Gasteiger partial charge in [-0.1, -0.05) is 0 Å². The van der Waals surface area contributed by atoms with Gasteiger partial charge in [-0.05, 0) is 13.8 Å². The monoisotopic (exact) mass is 220 g/mol. The molecule has 0 spiro atoms. The Morgan fingerprint density at radius 1 is 1.56 bits per heavy atom. The number of rotatable bonds is 2. The molecular weight excluding hydrogens is 208 g/mol. The second-order valence-electron chi connectivity index (χ2n) is 3.31. The minimum absolute atomic E-state index is 0.331. The lowest BCUT2D eigenvalue weighted by Gasteiger charge is -2.06. The van der Waals surface area contributed by atoms with E-state index >= 15 is 0 Å². The fourth-order valence-electron chi connectivity index (χ4n) is 1.47. The number of aromatic nitrogens is 3. The second-order valence-corrected chi connectivity index (χ2v) is 3.31. The summed E-state index contributed by atoms with van der Waals surface area (Å²) < 4.78 is 6.44. The Balaban J connectivity index is 2.56. The molecule has 2 rings (SSSR count). The number of hydrogen-bond acceptors (Lipinski definition) is 5. The smallest absolute Gasteiger partial charge is 0.341 e. The zero-order valence-corrected chi connectivity index (χ0v) is 9.10. The van der Waals surface area contributed by atoms with Gasteiger partial charge in [0.25, 0.3) is 0 Å². The van der Waals surface area contributed by atoms with Crippen molar-refractivity contribution in [3.63, 3.8) is 0 Å². The molecule has 0 aliphatic carbocycles. The molecule has 2 aromatic heterocycles. The number of carbonyl (C=O) groups is 1. The molecule has 0 aliphatic heterocycles. The number of nitrogens with zero attached hydrogens (tertiary/aromatic N) is 3. The number of carbonyl (C=O) groups excluding carboxylic acids is 1. The van der Waals surface area contributed by atoms with E-state index in [1.165, 1.54) is 16.9 Å². The average Bonchev–Trinajstić information content (AvgIpc) is 2.62. The summed E-state index contributed by atoms with van der Waals surface area (Å²) in [7, 11) is 0. The van der Waals surface area contributed by atoms with Gasteiger partial charge in [-0.2, -0.15) is 5.10 Å². The molecule has 0 unspecified atom stereocenters. The molecule has 0 saturated heterocycles. The highest BCUT2D eigenvalue weighted by Crippen LogP contribution is 2.15. The molecule has 0 radical (unpaired) electrons. The van der Waals surface area contributed by atoms with Crippen LogP contribution in [0.3, 0.4) is 0 Å². The molecule has 2 aromatic rings. The van der Waals surface area contributed by atoms with Gasteiger partial charge in [0, 0.05) is 6.20 Å². The number of aryl methyl sites for hydroxylation is 1. The first kappa shape index (κ1) is 10.4. The Bertz CT molecular complexity index is 547. The molecule has 84 valence electrons. The Kier molecular flexibility index (Phi) is 2.47. The highest BCUT2D eigenvalue weighted by molar-refractivity contribution is 5.90. The van der Waals surface area contributed by atoms with Crippen LogP contribution in [0.1, 0.15) is 23.0 Å². The van der Waals surface area contributed by atoms with Crippen molar-refractivity contribution in [2.24, 2.45) is 0 Å². The minimum Gasteiger partial charge on any atom is -0.462 e. The molecule has 0 amide bonds. The van der Waals surface area contributed by atoms with Crippen LogP contribution in [0.15, 0.2) is 12.4 Å². The van der Waals surface area contributed by atoms with Crippen molar-refractivity contribution >= 4 is 17.3 Å². The van der Waals surface area contributed by atoms with Crippen LogP contribution in [-0.4, -0.2) is 27.2 Å². The first-order chi connectivity index (χ1) is 7.65. The molecule has 0 aromatic carbocycles. The van der Waals surface area contributed by atoms with Gasteiger partial charge in [0.1, 0.15) is 0 Å². The third-order valence-corrected chi connectivity index (χ3v) is 2.29. The van der Waals surface area contributed by atoms with Crippen molar-refractivity contribution in [2.45, 2.75) is 13.8 Å². The van der Waals surface area contributed by atoms with Crippen LogP contribution in [-0.2, 0) is 4.74 Å². The first-order valence-electron chi connectivity index (χ1n) is 4.91. The maximum atomic E-state index is 11.6. The standard InChI is InChI=1S/C10H12N4O2/c1-3-16-10(15)7-4-12-9-8(11)5-13-14(9)6(7)2/h4-5H,3,11H2,1-2H3. The molecular formula is C10H12N4O2. The van der Waals surface area contributed by atoms with E-state index in [0.29, 0.717) is 29.2 Å². The summed E-state index contributed by atoms with van der Waals surface area (Å²) in [5.74, 6) is -0.400. The zero-order valence-electron chi connectivity index (χ0n) is 9.10. The van der Waals surface area contributed by atoms with Gasteiger partial charge >= 0.3 is 5.97 Å². The predicted molar refractivity (Wildman–Crippen MR) is 58.1 cm³/mol. The van der Waals surface area contributed by atoms with Crippen LogP contribution in [0, 0.1) is 6.92 Å². The van der Waals surface area contributed by atoms with Gasteiger partial charge in [0.2, 0.25) is 0 Å². The van der Waals surface area contributed by atoms with Gasteiger partial charge in [0.05, 0.1) is 29.7 Å². The van der Waals surface area contributed by atoms with E-state index in [1.54, 1.807) is 13.8 Å². The molecule has 6 nitrogen and oxygen atoms in total. The largest absolute Gasteiger partial charge is 0.462 e. The SMILES string of the molecule is CCOC(=O)c1cnc2c(N)cnn2c1C. The molecule has 6 heteroatoms. The quantitative estimate of drug-likeness (QED) is 0.757. The van der Waals surface area contributed by atoms with Crippen LogP contribution in [0.25, 0.3) is 5.65 Å². The number of fused-ring (bicyclic) bond motifs is 1. The predicted octanol–water partition coefficient (Wildman–Crippen LogP) is 0.797. The normalized spacial score (nSPS) is 10.6. The summed E-state index contributed by atoms with van der Waals surface area (Å²) in [6.07, 6.45) is 2.96. The highest BCUT2D eigenvalue weighted by Gasteiger charge is 2.15. The Morgan fingerprint density at radius 3 is 3.00 bits per heavy atom. The van der Waals surface area contributed by atoms with Crippen molar-refractivity contribution in [1.82, 2.24) is 14.6 Å². The van der Waals surface area contributed by atoms with Crippen molar-refractivity contribution in [2.75, 3.05) is 12.3 Å². The van der Waals surface area contributed by atoms with Gasteiger partial charge < -0.3 is 10.5 Å². The third kappa shape index (κ3) is 1.48. The summed E-state index contributed by atoms with van der Waals surface area (Å²) in [5.41, 5.74) is 7.77. The van der Waals surface area contributed by atoms with Crippen LogP contribution >= 0.6 is 0 Å².